The zero-order valence-corrected chi connectivity index (χ0v) is 18.3. The molecule has 0 radical (unpaired) electrons. The number of aromatic nitrogens is 4. The number of nitrogens with zero attached hydrogens (tertiary/aromatic N) is 6. The monoisotopic (exact) mass is 442 g/mol. The molecule has 0 spiro atoms. The lowest BCUT2D eigenvalue weighted by atomic mass is 10.2. The highest BCUT2D eigenvalue weighted by Crippen LogP contribution is 2.33. The summed E-state index contributed by atoms with van der Waals surface area (Å²) in [6.45, 7) is 6.35. The van der Waals surface area contributed by atoms with Crippen molar-refractivity contribution in [2.24, 2.45) is 0 Å². The van der Waals surface area contributed by atoms with Gasteiger partial charge >= 0.3 is 0 Å². The van der Waals surface area contributed by atoms with Gasteiger partial charge in [-0.05, 0) is 19.1 Å². The molecule has 11 heteroatoms. The number of carbonyl (C=O) groups excluding carboxylic acids is 1. The van der Waals surface area contributed by atoms with E-state index in [1.165, 1.54) is 11.3 Å². The summed E-state index contributed by atoms with van der Waals surface area (Å²) in [6, 6.07) is 3.78. The van der Waals surface area contributed by atoms with Crippen LogP contribution in [0.25, 0.3) is 10.6 Å². The Hall–Kier alpha value is -3.34. The minimum absolute atomic E-state index is 0.103. The maximum atomic E-state index is 14.4. The zero-order chi connectivity index (χ0) is 22.0. The maximum Gasteiger partial charge on any atom is 0.229 e. The molecule has 9 nitrogen and oxygen atoms in total. The number of pyridine rings is 1. The summed E-state index contributed by atoms with van der Waals surface area (Å²) in [5.41, 5.74) is 1.88. The average molecular weight is 443 g/mol. The van der Waals surface area contributed by atoms with Crippen LogP contribution in [-0.4, -0.2) is 64.0 Å². The fourth-order valence-corrected chi connectivity index (χ4v) is 4.26. The topological polar surface area (TPSA) is 99.2 Å². The van der Waals surface area contributed by atoms with E-state index >= 15 is 0 Å². The first-order valence-electron chi connectivity index (χ1n) is 9.86. The number of carbonyl (C=O) groups is 1. The summed E-state index contributed by atoms with van der Waals surface area (Å²) in [6.07, 6.45) is 2.91. The van der Waals surface area contributed by atoms with Crippen LogP contribution in [0, 0.1) is 12.7 Å². The van der Waals surface area contributed by atoms with Gasteiger partial charge < -0.3 is 20.4 Å². The molecule has 4 rings (SSSR count). The molecule has 4 heterocycles. The second kappa shape index (κ2) is 8.80. The lowest BCUT2D eigenvalue weighted by molar-refractivity contribution is -0.129. The average Bonchev–Trinajstić information content (AvgIpc) is 3.16. The van der Waals surface area contributed by atoms with Gasteiger partial charge in [-0.25, -0.2) is 24.3 Å². The molecule has 3 aromatic heterocycles. The summed E-state index contributed by atoms with van der Waals surface area (Å²) < 4.78 is 14.4. The van der Waals surface area contributed by atoms with E-state index in [1.54, 1.807) is 20.2 Å². The molecule has 0 aliphatic carbocycles. The van der Waals surface area contributed by atoms with E-state index in [4.69, 9.17) is 0 Å². The van der Waals surface area contributed by atoms with Gasteiger partial charge in [-0.1, -0.05) is 11.3 Å². The molecule has 1 fully saturated rings. The molecule has 1 amide bonds. The number of thiazole rings is 1. The minimum atomic E-state index is -0.507. The van der Waals surface area contributed by atoms with Gasteiger partial charge in [-0.3, -0.25) is 4.79 Å². The van der Waals surface area contributed by atoms with Gasteiger partial charge in [0.1, 0.15) is 11.5 Å². The van der Waals surface area contributed by atoms with Crippen molar-refractivity contribution in [1.29, 1.82) is 0 Å². The number of aryl methyl sites for hydroxylation is 1. The van der Waals surface area contributed by atoms with E-state index < -0.39 is 5.82 Å². The van der Waals surface area contributed by atoms with E-state index in [9.17, 15) is 9.18 Å². The van der Waals surface area contributed by atoms with Crippen molar-refractivity contribution in [3.8, 4) is 10.6 Å². The van der Waals surface area contributed by atoms with Crippen molar-refractivity contribution in [2.75, 3.05) is 48.8 Å². The maximum absolute atomic E-state index is 14.4. The zero-order valence-electron chi connectivity index (χ0n) is 17.5. The third kappa shape index (κ3) is 4.55. The van der Waals surface area contributed by atoms with Crippen molar-refractivity contribution in [3.05, 3.63) is 36.0 Å². The van der Waals surface area contributed by atoms with Gasteiger partial charge in [0.25, 0.3) is 0 Å². The highest BCUT2D eigenvalue weighted by atomic mass is 32.1. The van der Waals surface area contributed by atoms with Crippen molar-refractivity contribution in [2.45, 2.75) is 13.8 Å². The summed E-state index contributed by atoms with van der Waals surface area (Å²) in [4.78, 5) is 33.3. The molecular formula is C20H23FN8OS. The van der Waals surface area contributed by atoms with Crippen LogP contribution in [0.1, 0.15) is 12.6 Å². The highest BCUT2D eigenvalue weighted by Gasteiger charge is 2.19. The molecule has 162 valence electrons. The summed E-state index contributed by atoms with van der Waals surface area (Å²) >= 11 is 1.34. The smallest absolute Gasteiger partial charge is 0.229 e. The number of amides is 1. The van der Waals surface area contributed by atoms with Gasteiger partial charge in [-0.15, -0.1) is 0 Å². The fourth-order valence-electron chi connectivity index (χ4n) is 3.35. The molecule has 2 N–H and O–H groups in total. The Morgan fingerprint density at radius 2 is 1.90 bits per heavy atom. The van der Waals surface area contributed by atoms with Gasteiger partial charge in [0.05, 0.1) is 28.7 Å². The van der Waals surface area contributed by atoms with E-state index in [0.29, 0.717) is 34.6 Å². The summed E-state index contributed by atoms with van der Waals surface area (Å²) in [5, 5.41) is 6.69. The number of rotatable bonds is 5. The molecular weight excluding hydrogens is 419 g/mol. The Bertz CT molecular complexity index is 1080. The largest absolute Gasteiger partial charge is 0.367 e. The second-order valence-electron chi connectivity index (χ2n) is 7.09. The van der Waals surface area contributed by atoms with Crippen LogP contribution in [0.5, 0.6) is 0 Å². The Labute approximate surface area is 183 Å². The summed E-state index contributed by atoms with van der Waals surface area (Å²) in [7, 11) is 1.77. The number of nitrogens with one attached hydrogen (secondary N) is 2. The normalized spacial score (nSPS) is 13.9. The van der Waals surface area contributed by atoms with Crippen molar-refractivity contribution in [3.63, 3.8) is 0 Å². The Morgan fingerprint density at radius 3 is 2.52 bits per heavy atom. The fraction of sp³-hybridized carbons (Fsp3) is 0.350. The Balaban J connectivity index is 1.47. The van der Waals surface area contributed by atoms with E-state index in [-0.39, 0.29) is 17.5 Å². The molecule has 0 unspecified atom stereocenters. The molecule has 0 aromatic carbocycles. The number of hydrogen-bond acceptors (Lipinski definition) is 9. The van der Waals surface area contributed by atoms with Crippen molar-refractivity contribution >= 4 is 39.8 Å². The predicted octanol–water partition coefficient (Wildman–Crippen LogP) is 2.90. The van der Waals surface area contributed by atoms with Crippen LogP contribution in [-0.2, 0) is 4.79 Å². The van der Waals surface area contributed by atoms with Crippen LogP contribution in [0.4, 0.5) is 27.0 Å². The Morgan fingerprint density at radius 1 is 1.13 bits per heavy atom. The van der Waals surface area contributed by atoms with Gasteiger partial charge in [0.15, 0.2) is 10.9 Å². The molecule has 31 heavy (non-hydrogen) atoms. The second-order valence-corrected chi connectivity index (χ2v) is 8.09. The Kier molecular flexibility index (Phi) is 5.94. The highest BCUT2D eigenvalue weighted by molar-refractivity contribution is 7.19. The van der Waals surface area contributed by atoms with Crippen LogP contribution < -0.4 is 15.5 Å². The molecule has 1 aliphatic rings. The van der Waals surface area contributed by atoms with Gasteiger partial charge in [-0.2, -0.15) is 0 Å². The number of piperazine rings is 1. The third-order valence-electron chi connectivity index (χ3n) is 5.05. The third-order valence-corrected chi connectivity index (χ3v) is 6.23. The van der Waals surface area contributed by atoms with Gasteiger partial charge in [0.2, 0.25) is 11.9 Å². The van der Waals surface area contributed by atoms with Crippen LogP contribution in [0.2, 0.25) is 0 Å². The molecule has 0 bridgehead atoms. The van der Waals surface area contributed by atoms with E-state index in [1.807, 2.05) is 24.0 Å². The summed E-state index contributed by atoms with van der Waals surface area (Å²) in [5.74, 6) is 0.408. The van der Waals surface area contributed by atoms with E-state index in [0.717, 1.165) is 25.0 Å². The SMILES string of the molecule is CNc1nc(C)c(-c2nc(Nc3ccc(N4CCN(C(C)=O)CC4)cn3)ncc2F)s1. The molecule has 1 saturated heterocycles. The lowest BCUT2D eigenvalue weighted by Gasteiger charge is -2.35. The number of halogens is 1. The number of hydrogen-bond donors (Lipinski definition) is 2. The van der Waals surface area contributed by atoms with Crippen molar-refractivity contribution < 1.29 is 9.18 Å². The van der Waals surface area contributed by atoms with Crippen LogP contribution in [0.3, 0.4) is 0 Å². The first kappa shape index (κ1) is 20.9. The predicted molar refractivity (Wildman–Crippen MR) is 119 cm³/mol. The van der Waals surface area contributed by atoms with E-state index in [2.05, 4.69) is 35.5 Å². The standard InChI is InChI=1S/C20H23FN8OS/c1-12-18(31-20(22-3)25-12)17-15(21)11-24-19(27-17)26-16-5-4-14(10-23-16)29-8-6-28(7-9-29)13(2)30/h4-5,10-11H,6-9H2,1-3H3,(H,22,25)(H,23,24,26,27). The minimum Gasteiger partial charge on any atom is -0.367 e. The molecule has 0 atom stereocenters. The van der Waals surface area contributed by atoms with Crippen LogP contribution in [0.15, 0.2) is 24.5 Å². The molecule has 1 aliphatic heterocycles. The quantitative estimate of drug-likeness (QED) is 0.622. The molecule has 3 aromatic rings. The van der Waals surface area contributed by atoms with Crippen LogP contribution >= 0.6 is 11.3 Å². The van der Waals surface area contributed by atoms with Crippen molar-refractivity contribution in [1.82, 2.24) is 24.8 Å². The first-order valence-corrected chi connectivity index (χ1v) is 10.7. The van der Waals surface area contributed by atoms with Gasteiger partial charge in [0, 0.05) is 40.2 Å². The number of anilines is 4. The molecule has 0 saturated carbocycles. The first-order chi connectivity index (χ1) is 14.9. The lowest BCUT2D eigenvalue weighted by Crippen LogP contribution is -2.48.